The quantitative estimate of drug-likeness (QED) is 0.874. The van der Waals surface area contributed by atoms with Gasteiger partial charge in [0, 0.05) is 4.90 Å². The van der Waals surface area contributed by atoms with Gasteiger partial charge in [0.25, 0.3) is 0 Å². The molecular formula is C11H10FNO3S. The molecule has 1 aromatic rings. The molecule has 90 valence electrons. The van der Waals surface area contributed by atoms with E-state index in [0.717, 1.165) is 9.80 Å². The smallest absolute Gasteiger partial charge is 0.323 e. The van der Waals surface area contributed by atoms with E-state index in [1.807, 2.05) is 0 Å². The largest absolute Gasteiger partial charge is 0.480 e. The van der Waals surface area contributed by atoms with Crippen molar-refractivity contribution in [1.29, 1.82) is 0 Å². The Bertz CT molecular complexity index is 492. The van der Waals surface area contributed by atoms with Crippen molar-refractivity contribution in [2.24, 2.45) is 0 Å². The number of rotatable bonds is 2. The molecule has 1 aliphatic heterocycles. The number of anilines is 1. The Morgan fingerprint density at radius 3 is 2.94 bits per heavy atom. The first kappa shape index (κ1) is 11.9. The maximum atomic E-state index is 13.1. The van der Waals surface area contributed by atoms with Crippen LogP contribution in [0.4, 0.5) is 10.1 Å². The Morgan fingerprint density at radius 2 is 2.29 bits per heavy atom. The molecule has 1 atom stereocenters. The van der Waals surface area contributed by atoms with Crippen molar-refractivity contribution >= 4 is 29.3 Å². The van der Waals surface area contributed by atoms with E-state index in [9.17, 15) is 14.0 Å². The molecule has 1 aliphatic rings. The standard InChI is InChI=1S/C11H10FNO3S/c1-6-11(16)13(5-10(14)15)8-4-7(12)2-3-9(8)17-6/h2-4,6H,5H2,1H3,(H,14,15). The molecule has 1 amide bonds. The van der Waals surface area contributed by atoms with Crippen LogP contribution in [0.5, 0.6) is 0 Å². The maximum Gasteiger partial charge on any atom is 0.323 e. The van der Waals surface area contributed by atoms with Crippen LogP contribution in [0.3, 0.4) is 0 Å². The van der Waals surface area contributed by atoms with Gasteiger partial charge in [-0.25, -0.2) is 4.39 Å². The summed E-state index contributed by atoms with van der Waals surface area (Å²) in [6.45, 7) is 1.26. The predicted octanol–water partition coefficient (Wildman–Crippen LogP) is 1.74. The number of amides is 1. The highest BCUT2D eigenvalue weighted by Gasteiger charge is 2.32. The van der Waals surface area contributed by atoms with Gasteiger partial charge in [-0.1, -0.05) is 0 Å². The molecule has 1 aromatic carbocycles. The minimum absolute atomic E-state index is 0.310. The second-order valence-corrected chi connectivity index (χ2v) is 5.07. The van der Waals surface area contributed by atoms with Crippen LogP contribution >= 0.6 is 11.8 Å². The van der Waals surface area contributed by atoms with Crippen LogP contribution in [0.25, 0.3) is 0 Å². The number of carbonyl (C=O) groups is 2. The normalized spacial score (nSPS) is 19.1. The molecule has 17 heavy (non-hydrogen) atoms. The van der Waals surface area contributed by atoms with Gasteiger partial charge in [0.15, 0.2) is 0 Å². The van der Waals surface area contributed by atoms with Crippen molar-refractivity contribution in [3.63, 3.8) is 0 Å². The van der Waals surface area contributed by atoms with Crippen molar-refractivity contribution < 1.29 is 19.1 Å². The summed E-state index contributed by atoms with van der Waals surface area (Å²) >= 11 is 1.31. The second kappa shape index (κ2) is 4.37. The molecule has 0 radical (unpaired) electrons. The Kier molecular flexibility index (Phi) is 3.06. The molecule has 0 bridgehead atoms. The van der Waals surface area contributed by atoms with Gasteiger partial charge in [-0.15, -0.1) is 11.8 Å². The molecular weight excluding hydrogens is 245 g/mol. The van der Waals surface area contributed by atoms with Gasteiger partial charge in [0.05, 0.1) is 10.9 Å². The van der Waals surface area contributed by atoms with E-state index in [2.05, 4.69) is 0 Å². The molecule has 4 nitrogen and oxygen atoms in total. The van der Waals surface area contributed by atoms with Gasteiger partial charge in [-0.2, -0.15) is 0 Å². The minimum Gasteiger partial charge on any atom is -0.480 e. The molecule has 1 unspecified atom stereocenters. The number of carboxylic acids is 1. The van der Waals surface area contributed by atoms with Crippen molar-refractivity contribution in [3.8, 4) is 0 Å². The highest BCUT2D eigenvalue weighted by atomic mass is 32.2. The van der Waals surface area contributed by atoms with E-state index in [1.54, 1.807) is 13.0 Å². The third kappa shape index (κ3) is 2.26. The average molecular weight is 255 g/mol. The van der Waals surface area contributed by atoms with Crippen LogP contribution in [-0.2, 0) is 9.59 Å². The number of benzene rings is 1. The van der Waals surface area contributed by atoms with Gasteiger partial charge in [-0.3, -0.25) is 14.5 Å². The number of aliphatic carboxylic acids is 1. The van der Waals surface area contributed by atoms with Gasteiger partial charge in [0.1, 0.15) is 12.4 Å². The summed E-state index contributed by atoms with van der Waals surface area (Å²) in [5.41, 5.74) is 0.334. The first-order valence-electron chi connectivity index (χ1n) is 4.98. The summed E-state index contributed by atoms with van der Waals surface area (Å²) in [6, 6.07) is 4.05. The molecule has 1 N–H and O–H groups in total. The molecule has 6 heteroatoms. The summed E-state index contributed by atoms with van der Waals surface area (Å²) in [5.74, 6) is -1.91. The summed E-state index contributed by atoms with van der Waals surface area (Å²) in [5, 5.41) is 8.42. The highest BCUT2D eigenvalue weighted by molar-refractivity contribution is 8.00. The Hall–Kier alpha value is -1.56. The van der Waals surface area contributed by atoms with Crippen LogP contribution in [0.1, 0.15) is 6.92 Å². The summed E-state index contributed by atoms with van der Waals surface area (Å²) in [7, 11) is 0. The molecule has 0 spiro atoms. The topological polar surface area (TPSA) is 57.6 Å². The summed E-state index contributed by atoms with van der Waals surface area (Å²) in [4.78, 5) is 24.4. The molecule has 0 aliphatic carbocycles. The lowest BCUT2D eigenvalue weighted by atomic mass is 10.2. The first-order valence-corrected chi connectivity index (χ1v) is 5.86. The van der Waals surface area contributed by atoms with E-state index in [1.165, 1.54) is 23.9 Å². The lowest BCUT2D eigenvalue weighted by Crippen LogP contribution is -2.42. The Balaban J connectivity index is 2.46. The summed E-state index contributed by atoms with van der Waals surface area (Å²) in [6.07, 6.45) is 0. The maximum absolute atomic E-state index is 13.1. The minimum atomic E-state index is -1.12. The Morgan fingerprint density at radius 1 is 1.59 bits per heavy atom. The van der Waals surface area contributed by atoms with E-state index < -0.39 is 18.3 Å². The molecule has 1 heterocycles. The van der Waals surface area contributed by atoms with Crippen LogP contribution in [0, 0.1) is 5.82 Å². The van der Waals surface area contributed by atoms with Crippen molar-refractivity contribution in [3.05, 3.63) is 24.0 Å². The SMILES string of the molecule is CC1Sc2ccc(F)cc2N(CC(=O)O)C1=O. The van der Waals surface area contributed by atoms with Crippen LogP contribution in [0.2, 0.25) is 0 Å². The molecule has 0 saturated carbocycles. The van der Waals surface area contributed by atoms with Crippen molar-refractivity contribution in [1.82, 2.24) is 0 Å². The number of fused-ring (bicyclic) bond motifs is 1. The van der Waals surface area contributed by atoms with Crippen molar-refractivity contribution in [2.75, 3.05) is 11.4 Å². The van der Waals surface area contributed by atoms with Gasteiger partial charge >= 0.3 is 5.97 Å². The number of thioether (sulfide) groups is 1. The average Bonchev–Trinajstić information content (AvgIpc) is 2.25. The first-order chi connectivity index (χ1) is 7.99. The van der Waals surface area contributed by atoms with Gasteiger partial charge < -0.3 is 5.11 Å². The van der Waals surface area contributed by atoms with E-state index in [-0.39, 0.29) is 11.2 Å². The number of halogens is 1. The predicted molar refractivity (Wildman–Crippen MR) is 61.7 cm³/mol. The monoisotopic (exact) mass is 255 g/mol. The number of carbonyl (C=O) groups excluding carboxylic acids is 1. The zero-order valence-electron chi connectivity index (χ0n) is 9.01. The lowest BCUT2D eigenvalue weighted by molar-refractivity contribution is -0.136. The molecule has 0 aromatic heterocycles. The number of hydrogen-bond acceptors (Lipinski definition) is 3. The fourth-order valence-corrected chi connectivity index (χ4v) is 2.72. The fraction of sp³-hybridized carbons (Fsp3) is 0.273. The third-order valence-electron chi connectivity index (χ3n) is 2.42. The third-order valence-corrected chi connectivity index (χ3v) is 3.58. The van der Waals surface area contributed by atoms with Crippen molar-refractivity contribution in [2.45, 2.75) is 17.1 Å². The second-order valence-electron chi connectivity index (χ2n) is 3.69. The fourth-order valence-electron chi connectivity index (χ4n) is 1.68. The van der Waals surface area contributed by atoms with Crippen LogP contribution in [-0.4, -0.2) is 28.8 Å². The number of carboxylic acid groups (broad SMARTS) is 1. The van der Waals surface area contributed by atoms with Gasteiger partial charge in [0.2, 0.25) is 5.91 Å². The number of hydrogen-bond donors (Lipinski definition) is 1. The Labute approximate surface area is 101 Å². The van der Waals surface area contributed by atoms with Crippen LogP contribution < -0.4 is 4.90 Å². The summed E-state index contributed by atoms with van der Waals surface area (Å²) < 4.78 is 13.1. The van der Waals surface area contributed by atoms with Gasteiger partial charge in [-0.05, 0) is 25.1 Å². The van der Waals surface area contributed by atoms with Crippen LogP contribution in [0.15, 0.2) is 23.1 Å². The number of nitrogens with zero attached hydrogens (tertiary/aromatic N) is 1. The van der Waals surface area contributed by atoms with E-state index in [0.29, 0.717) is 5.69 Å². The lowest BCUT2D eigenvalue weighted by Gasteiger charge is -2.31. The highest BCUT2D eigenvalue weighted by Crippen LogP contribution is 2.39. The van der Waals surface area contributed by atoms with E-state index >= 15 is 0 Å². The van der Waals surface area contributed by atoms with E-state index in [4.69, 9.17) is 5.11 Å². The molecule has 2 rings (SSSR count). The molecule has 0 saturated heterocycles. The zero-order valence-corrected chi connectivity index (χ0v) is 9.83. The zero-order chi connectivity index (χ0) is 12.6. The molecule has 0 fully saturated rings.